The van der Waals surface area contributed by atoms with Gasteiger partial charge in [0.1, 0.15) is 5.75 Å². The van der Waals surface area contributed by atoms with E-state index in [4.69, 9.17) is 4.74 Å². The molecule has 1 saturated heterocycles. The minimum Gasteiger partial charge on any atom is -0.476 e. The molecule has 0 unspecified atom stereocenters. The number of amides is 2. The van der Waals surface area contributed by atoms with Crippen LogP contribution in [0, 0.1) is 17.0 Å². The fraction of sp³-hybridized carbons (Fsp3) is 0.364. The Kier molecular flexibility index (Phi) is 5.39. The number of aryl methyl sites for hydroxylation is 1. The molecule has 4 rings (SSSR count). The summed E-state index contributed by atoms with van der Waals surface area (Å²) < 4.78 is 5.96. The van der Waals surface area contributed by atoms with Gasteiger partial charge < -0.3 is 14.5 Å². The van der Waals surface area contributed by atoms with E-state index >= 15 is 0 Å². The molecule has 0 saturated carbocycles. The maximum atomic E-state index is 13.3. The number of nitro groups is 1. The highest BCUT2D eigenvalue weighted by atomic mass is 16.6. The van der Waals surface area contributed by atoms with Crippen LogP contribution < -0.4 is 9.64 Å². The Labute approximate surface area is 174 Å². The maximum absolute atomic E-state index is 13.3. The van der Waals surface area contributed by atoms with Gasteiger partial charge in [-0.15, -0.1) is 0 Å². The van der Waals surface area contributed by atoms with Gasteiger partial charge in [-0.2, -0.15) is 0 Å². The average Bonchev–Trinajstić information content (AvgIpc) is 2.77. The van der Waals surface area contributed by atoms with Gasteiger partial charge in [0.15, 0.2) is 6.10 Å². The van der Waals surface area contributed by atoms with E-state index in [2.05, 4.69) is 0 Å². The van der Waals surface area contributed by atoms with Crippen molar-refractivity contribution in [2.75, 3.05) is 24.5 Å². The highest BCUT2D eigenvalue weighted by molar-refractivity contribution is 6.08. The van der Waals surface area contributed by atoms with Crippen LogP contribution in [-0.4, -0.2) is 47.4 Å². The fourth-order valence-electron chi connectivity index (χ4n) is 4.02. The SMILES string of the molecule is Cc1cc(C(=O)N2C[C@@H](C(=O)N3CCCCC3)Oc3ccccc32)ccc1[N+](=O)[O-]. The van der Waals surface area contributed by atoms with Crippen molar-refractivity contribution >= 4 is 23.2 Å². The van der Waals surface area contributed by atoms with Crippen LogP contribution in [0.1, 0.15) is 35.2 Å². The van der Waals surface area contributed by atoms with Crippen LogP contribution in [0.15, 0.2) is 42.5 Å². The van der Waals surface area contributed by atoms with Gasteiger partial charge in [0, 0.05) is 30.3 Å². The average molecular weight is 409 g/mol. The van der Waals surface area contributed by atoms with Crippen molar-refractivity contribution < 1.29 is 19.2 Å². The topological polar surface area (TPSA) is 93.0 Å². The van der Waals surface area contributed by atoms with Crippen LogP contribution in [0.4, 0.5) is 11.4 Å². The van der Waals surface area contributed by atoms with Gasteiger partial charge in [0.25, 0.3) is 17.5 Å². The van der Waals surface area contributed by atoms with Crippen LogP contribution in [0.5, 0.6) is 5.75 Å². The first kappa shape index (κ1) is 19.9. The van der Waals surface area contributed by atoms with Crippen molar-refractivity contribution in [2.45, 2.75) is 32.3 Å². The van der Waals surface area contributed by atoms with Crippen LogP contribution in [-0.2, 0) is 4.79 Å². The number of ether oxygens (including phenoxy) is 1. The standard InChI is InChI=1S/C22H23N3O5/c1-15-13-16(9-10-17(15)25(28)29)21(26)24-14-20(22(27)23-11-5-2-6-12-23)30-19-8-4-3-7-18(19)24/h3-4,7-10,13,20H,2,5-6,11-12,14H2,1H3/t20-/m0/s1. The molecule has 1 atom stereocenters. The third-order valence-corrected chi connectivity index (χ3v) is 5.60. The number of piperidine rings is 1. The van der Waals surface area contributed by atoms with Crippen molar-refractivity contribution in [3.63, 3.8) is 0 Å². The maximum Gasteiger partial charge on any atom is 0.272 e. The van der Waals surface area contributed by atoms with Gasteiger partial charge in [-0.1, -0.05) is 12.1 Å². The van der Waals surface area contributed by atoms with Crippen molar-refractivity contribution in [3.05, 3.63) is 63.7 Å². The third-order valence-electron chi connectivity index (χ3n) is 5.60. The monoisotopic (exact) mass is 409 g/mol. The molecule has 1 fully saturated rings. The summed E-state index contributed by atoms with van der Waals surface area (Å²) >= 11 is 0. The molecular formula is C22H23N3O5. The molecule has 0 spiro atoms. The number of nitrogens with zero attached hydrogens (tertiary/aromatic N) is 3. The molecule has 8 heteroatoms. The highest BCUT2D eigenvalue weighted by Gasteiger charge is 2.36. The van der Waals surface area contributed by atoms with Gasteiger partial charge in [-0.05, 0) is 50.5 Å². The first-order valence-electron chi connectivity index (χ1n) is 10.1. The smallest absolute Gasteiger partial charge is 0.272 e. The molecule has 2 aromatic carbocycles. The fourth-order valence-corrected chi connectivity index (χ4v) is 4.02. The van der Waals surface area contributed by atoms with E-state index in [1.54, 1.807) is 36.1 Å². The Bertz CT molecular complexity index is 1000. The lowest BCUT2D eigenvalue weighted by atomic mass is 10.1. The summed E-state index contributed by atoms with van der Waals surface area (Å²) in [6.07, 6.45) is 2.28. The van der Waals surface area contributed by atoms with Crippen molar-refractivity contribution in [3.8, 4) is 5.75 Å². The number of nitro benzene ring substituents is 1. The molecule has 2 amide bonds. The first-order valence-corrected chi connectivity index (χ1v) is 10.1. The van der Waals surface area contributed by atoms with E-state index < -0.39 is 11.0 Å². The Morgan fingerprint density at radius 1 is 1.10 bits per heavy atom. The molecule has 30 heavy (non-hydrogen) atoms. The van der Waals surface area contributed by atoms with E-state index in [0.717, 1.165) is 19.3 Å². The predicted molar refractivity (Wildman–Crippen MR) is 111 cm³/mol. The van der Waals surface area contributed by atoms with Crippen LogP contribution in [0.25, 0.3) is 0 Å². The Balaban J connectivity index is 1.64. The number of para-hydroxylation sites is 2. The van der Waals surface area contributed by atoms with E-state index in [1.807, 2.05) is 0 Å². The number of carbonyl (C=O) groups excluding carboxylic acids is 2. The molecule has 0 N–H and O–H groups in total. The van der Waals surface area contributed by atoms with E-state index in [0.29, 0.717) is 35.7 Å². The number of benzene rings is 2. The second kappa shape index (κ2) is 8.14. The number of hydrogen-bond donors (Lipinski definition) is 0. The normalized spacial score (nSPS) is 18.4. The van der Waals surface area contributed by atoms with Crippen molar-refractivity contribution in [1.29, 1.82) is 0 Å². The minimum atomic E-state index is -0.777. The van der Waals surface area contributed by atoms with Gasteiger partial charge >= 0.3 is 0 Å². The van der Waals surface area contributed by atoms with E-state index in [9.17, 15) is 19.7 Å². The molecule has 0 bridgehead atoms. The van der Waals surface area contributed by atoms with Gasteiger partial charge in [-0.3, -0.25) is 19.7 Å². The molecule has 156 valence electrons. The Hall–Kier alpha value is -3.42. The zero-order valence-corrected chi connectivity index (χ0v) is 16.7. The zero-order valence-electron chi connectivity index (χ0n) is 16.7. The van der Waals surface area contributed by atoms with Crippen LogP contribution in [0.3, 0.4) is 0 Å². The number of rotatable bonds is 3. The van der Waals surface area contributed by atoms with Crippen molar-refractivity contribution in [2.24, 2.45) is 0 Å². The van der Waals surface area contributed by atoms with Gasteiger partial charge in [-0.25, -0.2) is 0 Å². The molecule has 0 aliphatic carbocycles. The second-order valence-electron chi connectivity index (χ2n) is 7.63. The third kappa shape index (κ3) is 3.72. The largest absolute Gasteiger partial charge is 0.476 e. The Morgan fingerprint density at radius 3 is 2.53 bits per heavy atom. The summed E-state index contributed by atoms with van der Waals surface area (Å²) in [5.74, 6) is 0.0492. The Morgan fingerprint density at radius 2 is 1.83 bits per heavy atom. The molecule has 2 aliphatic rings. The predicted octanol–water partition coefficient (Wildman–Crippen LogP) is 3.32. The van der Waals surface area contributed by atoms with Crippen LogP contribution >= 0.6 is 0 Å². The molecular weight excluding hydrogens is 386 g/mol. The van der Waals surface area contributed by atoms with Crippen LogP contribution in [0.2, 0.25) is 0 Å². The van der Waals surface area contributed by atoms with E-state index in [1.165, 1.54) is 23.1 Å². The highest BCUT2D eigenvalue weighted by Crippen LogP contribution is 2.35. The summed E-state index contributed by atoms with van der Waals surface area (Å²) in [5.41, 5.74) is 1.29. The van der Waals surface area contributed by atoms with E-state index in [-0.39, 0.29) is 24.0 Å². The van der Waals surface area contributed by atoms with Gasteiger partial charge in [0.2, 0.25) is 0 Å². The summed E-state index contributed by atoms with van der Waals surface area (Å²) in [6, 6.07) is 11.4. The molecule has 2 heterocycles. The number of carbonyl (C=O) groups is 2. The minimum absolute atomic E-state index is 0.0351. The van der Waals surface area contributed by atoms with Crippen molar-refractivity contribution in [1.82, 2.24) is 4.90 Å². The number of anilines is 1. The quantitative estimate of drug-likeness (QED) is 0.573. The lowest BCUT2D eigenvalue weighted by molar-refractivity contribution is -0.385. The number of hydrogen-bond acceptors (Lipinski definition) is 5. The lowest BCUT2D eigenvalue weighted by Crippen LogP contribution is -2.52. The summed E-state index contributed by atoms with van der Waals surface area (Å²) in [5, 5.41) is 11.1. The summed E-state index contributed by atoms with van der Waals surface area (Å²) in [4.78, 5) is 40.3. The molecule has 2 aromatic rings. The lowest BCUT2D eigenvalue weighted by Gasteiger charge is -2.37. The summed E-state index contributed by atoms with van der Waals surface area (Å²) in [6.45, 7) is 3.11. The number of likely N-dealkylation sites (tertiary alicyclic amines) is 1. The number of fused-ring (bicyclic) bond motifs is 1. The summed E-state index contributed by atoms with van der Waals surface area (Å²) in [7, 11) is 0. The molecule has 8 nitrogen and oxygen atoms in total. The first-order chi connectivity index (χ1) is 14.5. The molecule has 2 aliphatic heterocycles. The zero-order chi connectivity index (χ0) is 21.3. The second-order valence-corrected chi connectivity index (χ2v) is 7.63. The molecule has 0 aromatic heterocycles. The molecule has 0 radical (unpaired) electrons. The van der Waals surface area contributed by atoms with Gasteiger partial charge in [0.05, 0.1) is 17.2 Å².